The van der Waals surface area contributed by atoms with Gasteiger partial charge in [0.25, 0.3) is 0 Å². The molecule has 13 heavy (non-hydrogen) atoms. The van der Waals surface area contributed by atoms with Crippen LogP contribution < -0.4 is 0 Å². The Hall–Kier alpha value is -0.720. The number of halogens is 1. The summed E-state index contributed by atoms with van der Waals surface area (Å²) < 4.78 is 0. The second-order valence-electron chi connectivity index (χ2n) is 2.99. The number of hydrogen-bond donors (Lipinski definition) is 0. The molecule has 0 atom stereocenters. The first-order chi connectivity index (χ1) is 6.27. The van der Waals surface area contributed by atoms with Crippen molar-refractivity contribution in [3.63, 3.8) is 0 Å². The van der Waals surface area contributed by atoms with Gasteiger partial charge in [-0.05, 0) is 0 Å². The highest BCUT2D eigenvalue weighted by Crippen LogP contribution is 2.01. The third-order valence-corrected chi connectivity index (χ3v) is 2.38. The van der Waals surface area contributed by atoms with E-state index in [9.17, 15) is 4.79 Å². The highest BCUT2D eigenvalue weighted by Gasteiger charge is 2.19. The molecule has 0 aromatic carbocycles. The molecule has 0 spiro atoms. The Labute approximate surface area is 83.6 Å². The number of nitrogens with zero attached hydrogens (tertiary/aromatic N) is 2. The number of piperazine rings is 1. The minimum absolute atomic E-state index is 0.0158. The summed E-state index contributed by atoms with van der Waals surface area (Å²) in [6.45, 7) is 3.86. The predicted molar refractivity (Wildman–Crippen MR) is 52.6 cm³/mol. The number of carbonyl (C=O) groups excluding carboxylic acids is 1. The maximum Gasteiger partial charge on any atom is 0.237 e. The van der Waals surface area contributed by atoms with Crippen molar-refractivity contribution >= 4 is 17.5 Å². The molecule has 0 aromatic heterocycles. The summed E-state index contributed by atoms with van der Waals surface area (Å²) in [6, 6.07) is 0. The van der Waals surface area contributed by atoms with Crippen LogP contribution in [-0.2, 0) is 4.79 Å². The number of amides is 1. The Morgan fingerprint density at radius 2 is 2.00 bits per heavy atom. The molecule has 1 aliphatic heterocycles. The van der Waals surface area contributed by atoms with Gasteiger partial charge in [0, 0.05) is 26.2 Å². The zero-order valence-electron chi connectivity index (χ0n) is 7.50. The van der Waals surface area contributed by atoms with Crippen LogP contribution in [0.4, 0.5) is 0 Å². The average molecular weight is 201 g/mol. The third kappa shape index (κ3) is 2.91. The van der Waals surface area contributed by atoms with E-state index in [1.807, 2.05) is 0 Å². The molecule has 3 nitrogen and oxygen atoms in total. The van der Waals surface area contributed by atoms with E-state index >= 15 is 0 Å². The van der Waals surface area contributed by atoms with Crippen molar-refractivity contribution in [2.45, 2.75) is 0 Å². The van der Waals surface area contributed by atoms with Gasteiger partial charge in [0.15, 0.2) is 0 Å². The van der Waals surface area contributed by atoms with E-state index < -0.39 is 0 Å². The summed E-state index contributed by atoms with van der Waals surface area (Å²) >= 11 is 5.45. The molecule has 4 heteroatoms. The Morgan fingerprint density at radius 3 is 2.46 bits per heavy atom. The molecular weight excluding hydrogens is 188 g/mol. The van der Waals surface area contributed by atoms with Gasteiger partial charge in [-0.1, -0.05) is 5.92 Å². The van der Waals surface area contributed by atoms with Crippen LogP contribution in [0.15, 0.2) is 0 Å². The fraction of sp³-hybridized carbons (Fsp3) is 0.667. The van der Waals surface area contributed by atoms with Gasteiger partial charge in [-0.15, -0.1) is 18.0 Å². The molecule has 0 aromatic rings. The largest absolute Gasteiger partial charge is 0.339 e. The maximum absolute atomic E-state index is 11.2. The number of hydrogen-bond acceptors (Lipinski definition) is 2. The lowest BCUT2D eigenvalue weighted by molar-refractivity contribution is -0.130. The number of terminal acetylenes is 1. The lowest BCUT2D eigenvalue weighted by Gasteiger charge is -2.33. The third-order valence-electron chi connectivity index (χ3n) is 2.15. The summed E-state index contributed by atoms with van der Waals surface area (Å²) in [7, 11) is 0. The molecule has 0 aliphatic carbocycles. The molecule has 72 valence electrons. The van der Waals surface area contributed by atoms with Crippen LogP contribution >= 0.6 is 11.6 Å². The number of rotatable bonds is 2. The Bertz CT molecular complexity index is 216. The predicted octanol–water partition coefficient (Wildman–Crippen LogP) is 0.00260. The van der Waals surface area contributed by atoms with E-state index in [-0.39, 0.29) is 11.8 Å². The molecule has 1 saturated heterocycles. The Kier molecular flexibility index (Phi) is 4.07. The molecule has 0 radical (unpaired) electrons. The average Bonchev–Trinajstić information content (AvgIpc) is 2.18. The van der Waals surface area contributed by atoms with Gasteiger partial charge in [0.1, 0.15) is 5.88 Å². The smallest absolute Gasteiger partial charge is 0.237 e. The summed E-state index contributed by atoms with van der Waals surface area (Å²) in [5, 5.41) is 0. The van der Waals surface area contributed by atoms with E-state index in [1.165, 1.54) is 0 Å². The highest BCUT2D eigenvalue weighted by atomic mass is 35.5. The standard InChI is InChI=1S/C9H13ClN2O/c1-2-3-11-4-6-12(7-5-11)9(13)8-10/h1H,3-8H2. The van der Waals surface area contributed by atoms with Gasteiger partial charge < -0.3 is 4.90 Å². The molecule has 1 rings (SSSR count). The molecular formula is C9H13ClN2O. The van der Waals surface area contributed by atoms with Crippen LogP contribution in [0.2, 0.25) is 0 Å². The van der Waals surface area contributed by atoms with Crippen molar-refractivity contribution < 1.29 is 4.79 Å². The van der Waals surface area contributed by atoms with E-state index in [1.54, 1.807) is 4.90 Å². The van der Waals surface area contributed by atoms with Crippen LogP contribution in [0.1, 0.15) is 0 Å². The van der Waals surface area contributed by atoms with Gasteiger partial charge in [-0.3, -0.25) is 9.69 Å². The van der Waals surface area contributed by atoms with E-state index in [0.29, 0.717) is 6.54 Å². The summed E-state index contributed by atoms with van der Waals surface area (Å²) in [5.74, 6) is 2.69. The lowest BCUT2D eigenvalue weighted by Crippen LogP contribution is -2.49. The van der Waals surface area contributed by atoms with Crippen LogP contribution in [0.25, 0.3) is 0 Å². The zero-order valence-corrected chi connectivity index (χ0v) is 8.26. The Balaban J connectivity index is 2.31. The fourth-order valence-electron chi connectivity index (χ4n) is 1.37. The fourth-order valence-corrected chi connectivity index (χ4v) is 1.54. The minimum atomic E-state index is 0.0158. The topological polar surface area (TPSA) is 23.6 Å². The molecule has 1 heterocycles. The monoisotopic (exact) mass is 200 g/mol. The van der Waals surface area contributed by atoms with Crippen LogP contribution in [0, 0.1) is 12.3 Å². The second kappa shape index (κ2) is 5.11. The van der Waals surface area contributed by atoms with E-state index in [4.69, 9.17) is 18.0 Å². The van der Waals surface area contributed by atoms with Crippen molar-refractivity contribution in [2.75, 3.05) is 38.6 Å². The summed E-state index contributed by atoms with van der Waals surface area (Å²) in [6.07, 6.45) is 5.19. The molecule has 0 bridgehead atoms. The van der Waals surface area contributed by atoms with Crippen molar-refractivity contribution in [3.05, 3.63) is 0 Å². The molecule has 1 aliphatic rings. The van der Waals surface area contributed by atoms with Crippen LogP contribution in [0.5, 0.6) is 0 Å². The van der Waals surface area contributed by atoms with Gasteiger partial charge in [-0.2, -0.15) is 0 Å². The van der Waals surface area contributed by atoms with Gasteiger partial charge in [0.05, 0.1) is 6.54 Å². The van der Waals surface area contributed by atoms with E-state index in [0.717, 1.165) is 26.2 Å². The van der Waals surface area contributed by atoms with Crippen molar-refractivity contribution in [2.24, 2.45) is 0 Å². The molecule has 0 unspecified atom stereocenters. The maximum atomic E-state index is 11.2. The minimum Gasteiger partial charge on any atom is -0.339 e. The molecule has 1 fully saturated rings. The summed E-state index contributed by atoms with van der Waals surface area (Å²) in [5.41, 5.74) is 0. The zero-order chi connectivity index (χ0) is 9.68. The first kappa shape index (κ1) is 10.4. The lowest BCUT2D eigenvalue weighted by atomic mass is 10.3. The highest BCUT2D eigenvalue weighted by molar-refractivity contribution is 6.27. The first-order valence-corrected chi connectivity index (χ1v) is 4.81. The van der Waals surface area contributed by atoms with Gasteiger partial charge >= 0.3 is 0 Å². The van der Waals surface area contributed by atoms with E-state index in [2.05, 4.69) is 10.8 Å². The number of carbonyl (C=O) groups is 1. The summed E-state index contributed by atoms with van der Waals surface area (Å²) in [4.78, 5) is 15.1. The Morgan fingerprint density at radius 1 is 1.38 bits per heavy atom. The SMILES string of the molecule is C#CCN1CCN(C(=O)CCl)CC1. The van der Waals surface area contributed by atoms with Crippen molar-refractivity contribution in [3.8, 4) is 12.3 Å². The number of alkyl halides is 1. The first-order valence-electron chi connectivity index (χ1n) is 4.27. The second-order valence-corrected chi connectivity index (χ2v) is 3.26. The quantitative estimate of drug-likeness (QED) is 0.463. The van der Waals surface area contributed by atoms with Crippen LogP contribution in [0.3, 0.4) is 0 Å². The normalized spacial score (nSPS) is 18.3. The van der Waals surface area contributed by atoms with Gasteiger partial charge in [0.2, 0.25) is 5.91 Å². The van der Waals surface area contributed by atoms with Gasteiger partial charge in [-0.25, -0.2) is 0 Å². The molecule has 0 N–H and O–H groups in total. The van der Waals surface area contributed by atoms with Crippen molar-refractivity contribution in [1.82, 2.24) is 9.80 Å². The van der Waals surface area contributed by atoms with Crippen molar-refractivity contribution in [1.29, 1.82) is 0 Å². The molecule has 1 amide bonds. The molecule has 0 saturated carbocycles. The van der Waals surface area contributed by atoms with Crippen LogP contribution in [-0.4, -0.2) is 54.3 Å².